The summed E-state index contributed by atoms with van der Waals surface area (Å²) in [5, 5.41) is 14.2. The first-order valence-electron chi connectivity index (χ1n) is 8.35. The van der Waals surface area contributed by atoms with Crippen LogP contribution in [-0.2, 0) is 0 Å². The summed E-state index contributed by atoms with van der Waals surface area (Å²) in [7, 11) is 1.41. The van der Waals surface area contributed by atoms with E-state index in [0.717, 1.165) is 25.9 Å². The van der Waals surface area contributed by atoms with Crippen molar-refractivity contribution in [2.75, 3.05) is 20.2 Å². The number of nitrogens with one attached hydrogen (secondary N) is 2. The minimum absolute atomic E-state index is 0. The third-order valence-corrected chi connectivity index (χ3v) is 4.45. The maximum Gasteiger partial charge on any atom is 0.273 e. The van der Waals surface area contributed by atoms with Gasteiger partial charge in [-0.3, -0.25) is 4.79 Å². The molecule has 0 radical (unpaired) electrons. The molecule has 1 aromatic heterocycles. The van der Waals surface area contributed by atoms with Gasteiger partial charge in [-0.25, -0.2) is 9.07 Å². The number of amides is 1. The lowest BCUT2D eigenvalue weighted by Gasteiger charge is -2.22. The van der Waals surface area contributed by atoms with Crippen LogP contribution in [0.4, 0.5) is 4.39 Å². The first-order chi connectivity index (χ1) is 12.1. The van der Waals surface area contributed by atoms with Crippen LogP contribution in [0.3, 0.4) is 0 Å². The van der Waals surface area contributed by atoms with Crippen molar-refractivity contribution in [3.05, 3.63) is 41.5 Å². The summed E-state index contributed by atoms with van der Waals surface area (Å²) < 4.78 is 20.5. The molecule has 1 aliphatic heterocycles. The molecule has 1 atom stereocenters. The summed E-state index contributed by atoms with van der Waals surface area (Å²) >= 11 is 0. The van der Waals surface area contributed by atoms with Crippen LogP contribution in [0.15, 0.2) is 24.4 Å². The predicted octanol–water partition coefficient (Wildman–Crippen LogP) is 2.26. The molecule has 26 heavy (non-hydrogen) atoms. The van der Waals surface area contributed by atoms with E-state index in [-0.39, 0.29) is 41.8 Å². The number of aromatic nitrogens is 3. The molecule has 9 heteroatoms. The topological polar surface area (TPSA) is 81.1 Å². The summed E-state index contributed by atoms with van der Waals surface area (Å²) in [6, 6.07) is 4.52. The standard InChI is InChI=1S/C17H22FN5O2.ClH/c1-11(12-3-4-16(25-2)14(18)9-12)20-17(24)15-10-23(22-21-15)13-5-7-19-8-6-13;/h3-4,9-11,13,19H,5-8H2,1-2H3,(H,20,24);1H. The normalized spacial score (nSPS) is 15.8. The Kier molecular flexibility index (Phi) is 6.93. The van der Waals surface area contributed by atoms with Gasteiger partial charge in [0.05, 0.1) is 25.4 Å². The highest BCUT2D eigenvalue weighted by molar-refractivity contribution is 5.92. The first-order valence-corrected chi connectivity index (χ1v) is 8.35. The number of piperidine rings is 1. The SMILES string of the molecule is COc1ccc(C(C)NC(=O)c2cn(C3CCNCC3)nn2)cc1F.Cl. The molecule has 142 valence electrons. The molecule has 7 nitrogen and oxygen atoms in total. The molecular formula is C17H23ClFN5O2. The zero-order valence-corrected chi connectivity index (χ0v) is 15.6. The molecule has 1 fully saturated rings. The summed E-state index contributed by atoms with van der Waals surface area (Å²) in [6.45, 7) is 3.66. The van der Waals surface area contributed by atoms with Crippen molar-refractivity contribution in [3.63, 3.8) is 0 Å². The van der Waals surface area contributed by atoms with E-state index in [0.29, 0.717) is 5.56 Å². The van der Waals surface area contributed by atoms with Crippen LogP contribution < -0.4 is 15.4 Å². The molecule has 0 saturated carbocycles. The lowest BCUT2D eigenvalue weighted by atomic mass is 10.1. The number of hydrogen-bond donors (Lipinski definition) is 2. The number of rotatable bonds is 5. The average molecular weight is 384 g/mol. The molecule has 3 rings (SSSR count). The molecule has 1 amide bonds. The van der Waals surface area contributed by atoms with Crippen LogP contribution in [0.2, 0.25) is 0 Å². The van der Waals surface area contributed by atoms with Gasteiger partial charge < -0.3 is 15.4 Å². The number of ether oxygens (including phenoxy) is 1. The lowest BCUT2D eigenvalue weighted by molar-refractivity contribution is 0.0934. The number of halogens is 2. The molecule has 1 saturated heterocycles. The van der Waals surface area contributed by atoms with E-state index >= 15 is 0 Å². The quantitative estimate of drug-likeness (QED) is 0.827. The highest BCUT2D eigenvalue weighted by Gasteiger charge is 2.20. The molecule has 0 spiro atoms. The fourth-order valence-electron chi connectivity index (χ4n) is 2.94. The van der Waals surface area contributed by atoms with Gasteiger partial charge in [0.2, 0.25) is 0 Å². The van der Waals surface area contributed by atoms with Gasteiger partial charge in [0, 0.05) is 0 Å². The Balaban J connectivity index is 0.00000243. The Morgan fingerprint density at radius 2 is 2.15 bits per heavy atom. The zero-order chi connectivity index (χ0) is 17.8. The molecule has 2 aromatic rings. The van der Waals surface area contributed by atoms with Crippen molar-refractivity contribution in [1.82, 2.24) is 25.6 Å². The minimum atomic E-state index is -0.460. The molecule has 1 aliphatic rings. The molecule has 0 aliphatic carbocycles. The Hall–Kier alpha value is -2.19. The average Bonchev–Trinajstić information content (AvgIpc) is 3.12. The Bertz CT molecular complexity index is 749. The first kappa shape index (κ1) is 20.1. The lowest BCUT2D eigenvalue weighted by Crippen LogP contribution is -2.29. The number of hydrogen-bond acceptors (Lipinski definition) is 5. The van der Waals surface area contributed by atoms with Crippen molar-refractivity contribution in [2.24, 2.45) is 0 Å². The fraction of sp³-hybridized carbons (Fsp3) is 0.471. The van der Waals surface area contributed by atoms with Crippen molar-refractivity contribution in [3.8, 4) is 5.75 Å². The van der Waals surface area contributed by atoms with E-state index in [1.165, 1.54) is 13.2 Å². The zero-order valence-electron chi connectivity index (χ0n) is 14.7. The molecule has 1 aromatic carbocycles. The Morgan fingerprint density at radius 3 is 2.81 bits per heavy atom. The Labute approximate surface area is 157 Å². The number of methoxy groups -OCH3 is 1. The third-order valence-electron chi connectivity index (χ3n) is 4.45. The smallest absolute Gasteiger partial charge is 0.273 e. The number of nitrogens with zero attached hydrogens (tertiary/aromatic N) is 3. The number of carbonyl (C=O) groups is 1. The van der Waals surface area contributed by atoms with Crippen molar-refractivity contribution >= 4 is 18.3 Å². The van der Waals surface area contributed by atoms with Crippen LogP contribution in [0.25, 0.3) is 0 Å². The largest absolute Gasteiger partial charge is 0.494 e. The van der Waals surface area contributed by atoms with Gasteiger partial charge >= 0.3 is 0 Å². The van der Waals surface area contributed by atoms with Gasteiger partial charge in [-0.05, 0) is 50.6 Å². The van der Waals surface area contributed by atoms with E-state index in [2.05, 4.69) is 20.9 Å². The van der Waals surface area contributed by atoms with Gasteiger partial charge in [-0.1, -0.05) is 11.3 Å². The monoisotopic (exact) mass is 383 g/mol. The van der Waals surface area contributed by atoms with Crippen LogP contribution >= 0.6 is 12.4 Å². The minimum Gasteiger partial charge on any atom is -0.494 e. The molecule has 0 bridgehead atoms. The van der Waals surface area contributed by atoms with Crippen molar-refractivity contribution < 1.29 is 13.9 Å². The third kappa shape index (κ3) is 4.50. The van der Waals surface area contributed by atoms with E-state index in [4.69, 9.17) is 4.74 Å². The van der Waals surface area contributed by atoms with Crippen LogP contribution in [0, 0.1) is 5.82 Å². The van der Waals surface area contributed by atoms with Crippen LogP contribution in [0.5, 0.6) is 5.75 Å². The second-order valence-corrected chi connectivity index (χ2v) is 6.15. The van der Waals surface area contributed by atoms with Gasteiger partial charge in [0.15, 0.2) is 17.3 Å². The van der Waals surface area contributed by atoms with Gasteiger partial charge in [-0.2, -0.15) is 0 Å². The van der Waals surface area contributed by atoms with Crippen LogP contribution in [-0.4, -0.2) is 41.1 Å². The van der Waals surface area contributed by atoms with Gasteiger partial charge in [-0.15, -0.1) is 17.5 Å². The van der Waals surface area contributed by atoms with Gasteiger partial charge in [0.25, 0.3) is 5.91 Å². The summed E-state index contributed by atoms with van der Waals surface area (Å²) in [5.74, 6) is -0.617. The molecule has 2 N–H and O–H groups in total. The Morgan fingerprint density at radius 1 is 1.42 bits per heavy atom. The summed E-state index contributed by atoms with van der Waals surface area (Å²) in [6.07, 6.45) is 3.60. The second-order valence-electron chi connectivity index (χ2n) is 6.15. The second kappa shape index (κ2) is 8.95. The fourth-order valence-corrected chi connectivity index (χ4v) is 2.94. The number of carbonyl (C=O) groups excluding carboxylic acids is 1. The number of benzene rings is 1. The maximum absolute atomic E-state index is 13.8. The van der Waals surface area contributed by atoms with E-state index < -0.39 is 5.82 Å². The highest BCUT2D eigenvalue weighted by Crippen LogP contribution is 2.22. The maximum atomic E-state index is 13.8. The molecule has 1 unspecified atom stereocenters. The predicted molar refractivity (Wildman–Crippen MR) is 97.2 cm³/mol. The van der Waals surface area contributed by atoms with Gasteiger partial charge in [0.1, 0.15) is 0 Å². The molecular weight excluding hydrogens is 361 g/mol. The van der Waals surface area contributed by atoms with E-state index in [9.17, 15) is 9.18 Å². The van der Waals surface area contributed by atoms with Crippen molar-refractivity contribution in [2.45, 2.75) is 31.8 Å². The van der Waals surface area contributed by atoms with Crippen LogP contribution in [0.1, 0.15) is 47.9 Å². The molecule has 2 heterocycles. The summed E-state index contributed by atoms with van der Waals surface area (Å²) in [4.78, 5) is 12.4. The van der Waals surface area contributed by atoms with E-state index in [1.54, 1.807) is 29.9 Å². The van der Waals surface area contributed by atoms with Crippen molar-refractivity contribution in [1.29, 1.82) is 0 Å². The highest BCUT2D eigenvalue weighted by atomic mass is 35.5. The van der Waals surface area contributed by atoms with E-state index in [1.807, 2.05) is 0 Å². The summed E-state index contributed by atoms with van der Waals surface area (Å²) in [5.41, 5.74) is 0.914.